The van der Waals surface area contributed by atoms with Crippen LogP contribution in [0.4, 0.5) is 10.2 Å². The Kier molecular flexibility index (Phi) is 3.25. The standard InChI is InChI=1S/C10H13ClFN3O/c1-6-2-3-15(5-8(6)16)9-7(12)4-13-10(11)14-9/h4,6,8,16H,2-3,5H2,1H3. The summed E-state index contributed by atoms with van der Waals surface area (Å²) in [5.74, 6) is -0.103. The molecule has 1 fully saturated rings. The minimum Gasteiger partial charge on any atom is -0.391 e. The largest absolute Gasteiger partial charge is 0.391 e. The van der Waals surface area contributed by atoms with Crippen LogP contribution in [0.5, 0.6) is 0 Å². The lowest BCUT2D eigenvalue weighted by Gasteiger charge is -2.34. The van der Waals surface area contributed by atoms with Crippen LogP contribution in [0.15, 0.2) is 6.20 Å². The van der Waals surface area contributed by atoms with E-state index in [4.69, 9.17) is 11.6 Å². The van der Waals surface area contributed by atoms with Crippen molar-refractivity contribution < 1.29 is 9.50 Å². The van der Waals surface area contributed by atoms with Crippen molar-refractivity contribution in [2.45, 2.75) is 19.4 Å². The molecule has 2 unspecified atom stereocenters. The molecule has 1 aromatic heterocycles. The first kappa shape index (κ1) is 11.5. The fraction of sp³-hybridized carbons (Fsp3) is 0.600. The van der Waals surface area contributed by atoms with E-state index in [0.717, 1.165) is 12.6 Å². The van der Waals surface area contributed by atoms with E-state index in [1.165, 1.54) is 0 Å². The number of hydrogen-bond acceptors (Lipinski definition) is 4. The summed E-state index contributed by atoms with van der Waals surface area (Å²) in [7, 11) is 0. The summed E-state index contributed by atoms with van der Waals surface area (Å²) in [6.07, 6.45) is 1.40. The summed E-state index contributed by atoms with van der Waals surface area (Å²) in [5.41, 5.74) is 0. The van der Waals surface area contributed by atoms with Gasteiger partial charge in [-0.1, -0.05) is 6.92 Å². The van der Waals surface area contributed by atoms with Crippen molar-refractivity contribution in [2.24, 2.45) is 5.92 Å². The Labute approximate surface area is 98.1 Å². The Hall–Kier alpha value is -0.940. The molecular formula is C10H13ClFN3O. The van der Waals surface area contributed by atoms with E-state index in [-0.39, 0.29) is 17.0 Å². The van der Waals surface area contributed by atoms with E-state index in [9.17, 15) is 9.50 Å². The second-order valence-electron chi connectivity index (χ2n) is 4.09. The molecule has 0 radical (unpaired) electrons. The number of β-amino-alcohol motifs (C(OH)–C–C–N with tert-alkyl or cyclic N) is 1. The number of aromatic nitrogens is 2. The molecule has 0 aliphatic carbocycles. The Morgan fingerprint density at radius 3 is 3.06 bits per heavy atom. The van der Waals surface area contributed by atoms with Gasteiger partial charge in [0.15, 0.2) is 11.6 Å². The molecule has 1 N–H and O–H groups in total. The highest BCUT2D eigenvalue weighted by Crippen LogP contribution is 2.24. The van der Waals surface area contributed by atoms with Crippen molar-refractivity contribution in [2.75, 3.05) is 18.0 Å². The number of halogens is 2. The summed E-state index contributed by atoms with van der Waals surface area (Å²) < 4.78 is 13.5. The first-order chi connectivity index (χ1) is 7.58. The van der Waals surface area contributed by atoms with E-state index >= 15 is 0 Å². The smallest absolute Gasteiger partial charge is 0.224 e. The van der Waals surface area contributed by atoms with Crippen LogP contribution in [-0.4, -0.2) is 34.3 Å². The topological polar surface area (TPSA) is 49.2 Å². The number of piperidine rings is 1. The normalized spacial score (nSPS) is 25.9. The van der Waals surface area contributed by atoms with Crippen molar-refractivity contribution in [3.63, 3.8) is 0 Å². The maximum absolute atomic E-state index is 13.5. The second-order valence-corrected chi connectivity index (χ2v) is 4.43. The lowest BCUT2D eigenvalue weighted by atomic mass is 9.96. The van der Waals surface area contributed by atoms with Crippen LogP contribution >= 0.6 is 11.6 Å². The molecular weight excluding hydrogens is 233 g/mol. The molecule has 0 amide bonds. The fourth-order valence-corrected chi connectivity index (χ4v) is 1.93. The van der Waals surface area contributed by atoms with Crippen molar-refractivity contribution >= 4 is 17.4 Å². The molecule has 1 saturated heterocycles. The lowest BCUT2D eigenvalue weighted by molar-refractivity contribution is 0.102. The Morgan fingerprint density at radius 2 is 2.38 bits per heavy atom. The van der Waals surface area contributed by atoms with Gasteiger partial charge in [-0.05, 0) is 23.9 Å². The highest BCUT2D eigenvalue weighted by Gasteiger charge is 2.26. The first-order valence-electron chi connectivity index (χ1n) is 5.19. The Morgan fingerprint density at radius 1 is 1.62 bits per heavy atom. The van der Waals surface area contributed by atoms with Gasteiger partial charge in [0.2, 0.25) is 5.28 Å². The quantitative estimate of drug-likeness (QED) is 0.762. The average molecular weight is 246 g/mol. The van der Waals surface area contributed by atoms with Gasteiger partial charge in [-0.25, -0.2) is 9.37 Å². The van der Waals surface area contributed by atoms with E-state index in [1.54, 1.807) is 4.90 Å². The van der Waals surface area contributed by atoms with Crippen molar-refractivity contribution in [1.82, 2.24) is 9.97 Å². The van der Waals surface area contributed by atoms with Gasteiger partial charge in [0.05, 0.1) is 12.3 Å². The number of aliphatic hydroxyl groups excluding tert-OH is 1. The van der Waals surface area contributed by atoms with E-state index in [0.29, 0.717) is 13.1 Å². The van der Waals surface area contributed by atoms with Crippen molar-refractivity contribution in [3.05, 3.63) is 17.3 Å². The molecule has 0 saturated carbocycles. The van der Waals surface area contributed by atoms with Gasteiger partial charge in [-0.2, -0.15) is 4.98 Å². The lowest BCUT2D eigenvalue weighted by Crippen LogP contribution is -2.43. The zero-order chi connectivity index (χ0) is 11.7. The van der Waals surface area contributed by atoms with E-state index in [2.05, 4.69) is 9.97 Å². The molecule has 2 atom stereocenters. The molecule has 0 aromatic carbocycles. The van der Waals surface area contributed by atoms with Gasteiger partial charge >= 0.3 is 0 Å². The molecule has 2 heterocycles. The molecule has 0 spiro atoms. The van der Waals surface area contributed by atoms with Gasteiger partial charge in [0.1, 0.15) is 0 Å². The van der Waals surface area contributed by atoms with Gasteiger partial charge in [-0.3, -0.25) is 0 Å². The van der Waals surface area contributed by atoms with Gasteiger partial charge in [-0.15, -0.1) is 0 Å². The highest BCUT2D eigenvalue weighted by atomic mass is 35.5. The van der Waals surface area contributed by atoms with Crippen LogP contribution in [0.2, 0.25) is 5.28 Å². The van der Waals surface area contributed by atoms with E-state index in [1.807, 2.05) is 6.92 Å². The summed E-state index contributed by atoms with van der Waals surface area (Å²) in [5, 5.41) is 9.75. The Balaban J connectivity index is 2.21. The fourth-order valence-electron chi connectivity index (χ4n) is 1.80. The SMILES string of the molecule is CC1CCN(c2nc(Cl)ncc2F)CC1O. The minimum absolute atomic E-state index is 0.0181. The van der Waals surface area contributed by atoms with Crippen molar-refractivity contribution in [3.8, 4) is 0 Å². The number of anilines is 1. The molecule has 1 aliphatic rings. The van der Waals surface area contributed by atoms with Crippen LogP contribution < -0.4 is 4.90 Å². The van der Waals surface area contributed by atoms with Crippen molar-refractivity contribution in [1.29, 1.82) is 0 Å². The summed E-state index contributed by atoms with van der Waals surface area (Å²) in [6.45, 7) is 3.03. The molecule has 4 nitrogen and oxygen atoms in total. The highest BCUT2D eigenvalue weighted by molar-refractivity contribution is 6.28. The third-order valence-corrected chi connectivity index (χ3v) is 3.10. The number of nitrogens with zero attached hydrogens (tertiary/aromatic N) is 3. The van der Waals surface area contributed by atoms with Gasteiger partial charge in [0.25, 0.3) is 0 Å². The van der Waals surface area contributed by atoms with Crippen LogP contribution in [0.1, 0.15) is 13.3 Å². The molecule has 16 heavy (non-hydrogen) atoms. The first-order valence-corrected chi connectivity index (χ1v) is 5.57. The number of rotatable bonds is 1. The number of hydrogen-bond donors (Lipinski definition) is 1. The molecule has 2 rings (SSSR count). The van der Waals surface area contributed by atoms with Gasteiger partial charge < -0.3 is 10.0 Å². The Bertz CT molecular complexity index is 390. The van der Waals surface area contributed by atoms with Crippen LogP contribution in [0.3, 0.4) is 0 Å². The second kappa shape index (κ2) is 4.51. The van der Waals surface area contributed by atoms with Crippen LogP contribution in [-0.2, 0) is 0 Å². The summed E-state index contributed by atoms with van der Waals surface area (Å²) >= 11 is 5.62. The van der Waals surface area contributed by atoms with Crippen LogP contribution in [0, 0.1) is 11.7 Å². The van der Waals surface area contributed by atoms with Gasteiger partial charge in [0, 0.05) is 13.1 Å². The molecule has 0 bridgehead atoms. The van der Waals surface area contributed by atoms with E-state index < -0.39 is 11.9 Å². The summed E-state index contributed by atoms with van der Waals surface area (Å²) in [6, 6.07) is 0. The molecule has 6 heteroatoms. The monoisotopic (exact) mass is 245 g/mol. The minimum atomic E-state index is -0.508. The maximum Gasteiger partial charge on any atom is 0.224 e. The predicted molar refractivity (Wildman–Crippen MR) is 59.0 cm³/mol. The zero-order valence-electron chi connectivity index (χ0n) is 8.90. The number of aliphatic hydroxyl groups is 1. The molecule has 1 aromatic rings. The third-order valence-electron chi connectivity index (χ3n) is 2.91. The summed E-state index contributed by atoms with van der Waals surface area (Å²) in [4.78, 5) is 9.11. The predicted octanol–water partition coefficient (Wildman–Crippen LogP) is 1.48. The zero-order valence-corrected chi connectivity index (χ0v) is 9.65. The molecule has 88 valence electrons. The average Bonchev–Trinajstić information content (AvgIpc) is 2.26. The molecule has 1 aliphatic heterocycles. The third kappa shape index (κ3) is 2.25. The van der Waals surface area contributed by atoms with Crippen LogP contribution in [0.25, 0.3) is 0 Å². The maximum atomic E-state index is 13.5.